The van der Waals surface area contributed by atoms with Crippen molar-refractivity contribution in [3.63, 3.8) is 0 Å². The molecular weight excluding hydrogens is 230 g/mol. The van der Waals surface area contributed by atoms with Crippen molar-refractivity contribution >= 4 is 5.97 Å². The third kappa shape index (κ3) is 3.27. The van der Waals surface area contributed by atoms with Gasteiger partial charge in [-0.2, -0.15) is 0 Å². The van der Waals surface area contributed by atoms with Gasteiger partial charge < -0.3 is 9.64 Å². The number of piperazine rings is 1. The first-order valence-corrected chi connectivity index (χ1v) is 6.13. The summed E-state index contributed by atoms with van der Waals surface area (Å²) in [7, 11) is 3.52. The molecule has 0 radical (unpaired) electrons. The van der Waals surface area contributed by atoms with Crippen molar-refractivity contribution in [3.8, 4) is 0 Å². The molecule has 0 saturated carbocycles. The van der Waals surface area contributed by atoms with Crippen LogP contribution in [0, 0.1) is 0 Å². The standard InChI is InChI=1S/C13H19N3O2/c1-15-5-7-16(8-6-15)10-12-9-11(3-4-14-12)13(17)18-2/h3-4,9H,5-8,10H2,1-2H3. The van der Waals surface area contributed by atoms with Crippen LogP contribution in [0.15, 0.2) is 18.3 Å². The molecule has 0 aliphatic carbocycles. The number of esters is 1. The van der Waals surface area contributed by atoms with E-state index in [1.54, 1.807) is 12.3 Å². The molecule has 1 saturated heterocycles. The van der Waals surface area contributed by atoms with Gasteiger partial charge in [-0.15, -0.1) is 0 Å². The van der Waals surface area contributed by atoms with Crippen LogP contribution in [-0.2, 0) is 11.3 Å². The van der Waals surface area contributed by atoms with E-state index in [4.69, 9.17) is 4.74 Å². The maximum atomic E-state index is 11.4. The number of nitrogens with zero attached hydrogens (tertiary/aromatic N) is 3. The fourth-order valence-electron chi connectivity index (χ4n) is 2.04. The molecule has 0 N–H and O–H groups in total. The maximum absolute atomic E-state index is 11.4. The Morgan fingerprint density at radius 1 is 1.39 bits per heavy atom. The van der Waals surface area contributed by atoms with Crippen LogP contribution in [0.25, 0.3) is 0 Å². The van der Waals surface area contributed by atoms with Crippen molar-refractivity contribution < 1.29 is 9.53 Å². The molecule has 0 atom stereocenters. The Morgan fingerprint density at radius 2 is 2.11 bits per heavy atom. The Hall–Kier alpha value is -1.46. The van der Waals surface area contributed by atoms with Crippen LogP contribution in [0.4, 0.5) is 0 Å². The van der Waals surface area contributed by atoms with Crippen molar-refractivity contribution in [3.05, 3.63) is 29.6 Å². The Balaban J connectivity index is 1.99. The van der Waals surface area contributed by atoms with Crippen LogP contribution in [-0.4, -0.2) is 61.1 Å². The lowest BCUT2D eigenvalue weighted by Crippen LogP contribution is -2.44. The van der Waals surface area contributed by atoms with Crippen LogP contribution >= 0.6 is 0 Å². The number of carbonyl (C=O) groups excluding carboxylic acids is 1. The molecule has 0 amide bonds. The highest BCUT2D eigenvalue weighted by Gasteiger charge is 2.15. The average Bonchev–Trinajstić information content (AvgIpc) is 2.41. The monoisotopic (exact) mass is 249 g/mol. The quantitative estimate of drug-likeness (QED) is 0.735. The number of aromatic nitrogens is 1. The zero-order valence-electron chi connectivity index (χ0n) is 10.9. The number of pyridine rings is 1. The predicted molar refractivity (Wildman–Crippen MR) is 68.4 cm³/mol. The van der Waals surface area contributed by atoms with Gasteiger partial charge >= 0.3 is 5.97 Å². The summed E-state index contributed by atoms with van der Waals surface area (Å²) in [5.41, 5.74) is 1.49. The highest BCUT2D eigenvalue weighted by atomic mass is 16.5. The fourth-order valence-corrected chi connectivity index (χ4v) is 2.04. The van der Waals surface area contributed by atoms with Crippen LogP contribution in [0.2, 0.25) is 0 Å². The number of methoxy groups -OCH3 is 1. The molecule has 5 heteroatoms. The lowest BCUT2D eigenvalue weighted by atomic mass is 10.2. The second-order valence-electron chi connectivity index (χ2n) is 4.61. The van der Waals surface area contributed by atoms with Gasteiger partial charge in [0, 0.05) is 38.9 Å². The van der Waals surface area contributed by atoms with E-state index < -0.39 is 0 Å². The Labute approximate surface area is 107 Å². The van der Waals surface area contributed by atoms with Gasteiger partial charge in [0.15, 0.2) is 0 Å². The first-order chi connectivity index (χ1) is 8.69. The molecule has 1 aromatic rings. The maximum Gasteiger partial charge on any atom is 0.337 e. The number of hydrogen-bond donors (Lipinski definition) is 0. The average molecular weight is 249 g/mol. The summed E-state index contributed by atoms with van der Waals surface area (Å²) >= 11 is 0. The van der Waals surface area contributed by atoms with Gasteiger partial charge in [-0.25, -0.2) is 4.79 Å². The van der Waals surface area contributed by atoms with E-state index >= 15 is 0 Å². The number of ether oxygens (including phenoxy) is 1. The molecule has 1 aromatic heterocycles. The molecule has 0 spiro atoms. The molecule has 98 valence electrons. The van der Waals surface area contributed by atoms with Crippen molar-refractivity contribution in [1.29, 1.82) is 0 Å². The third-order valence-electron chi connectivity index (χ3n) is 3.22. The van der Waals surface area contributed by atoms with E-state index in [1.165, 1.54) is 7.11 Å². The summed E-state index contributed by atoms with van der Waals surface area (Å²) < 4.78 is 4.71. The van der Waals surface area contributed by atoms with Crippen molar-refractivity contribution in [2.24, 2.45) is 0 Å². The second-order valence-corrected chi connectivity index (χ2v) is 4.61. The summed E-state index contributed by atoms with van der Waals surface area (Å²) in [6, 6.07) is 3.49. The largest absolute Gasteiger partial charge is 0.465 e. The molecule has 1 aliphatic rings. The number of likely N-dealkylation sites (N-methyl/N-ethyl adjacent to an activating group) is 1. The summed E-state index contributed by atoms with van der Waals surface area (Å²) in [4.78, 5) is 20.4. The van der Waals surface area contributed by atoms with Gasteiger partial charge in [0.1, 0.15) is 0 Å². The highest BCUT2D eigenvalue weighted by molar-refractivity contribution is 5.89. The summed E-state index contributed by atoms with van der Waals surface area (Å²) in [5.74, 6) is -0.308. The third-order valence-corrected chi connectivity index (χ3v) is 3.22. The van der Waals surface area contributed by atoms with E-state index in [0.29, 0.717) is 5.56 Å². The molecule has 5 nitrogen and oxygen atoms in total. The predicted octanol–water partition coefficient (Wildman–Crippen LogP) is 0.616. The van der Waals surface area contributed by atoms with Crippen LogP contribution in [0.3, 0.4) is 0 Å². The molecular formula is C13H19N3O2. The van der Waals surface area contributed by atoms with Gasteiger partial charge in [-0.1, -0.05) is 0 Å². The van der Waals surface area contributed by atoms with Crippen molar-refractivity contribution in [2.75, 3.05) is 40.3 Å². The second kappa shape index (κ2) is 5.93. The molecule has 0 bridgehead atoms. The van der Waals surface area contributed by atoms with Crippen LogP contribution in [0.1, 0.15) is 16.1 Å². The molecule has 0 unspecified atom stereocenters. The summed E-state index contributed by atoms with van der Waals surface area (Å²) in [5, 5.41) is 0. The van der Waals surface area contributed by atoms with E-state index in [0.717, 1.165) is 38.4 Å². The smallest absolute Gasteiger partial charge is 0.337 e. The van der Waals surface area contributed by atoms with Gasteiger partial charge in [-0.3, -0.25) is 9.88 Å². The minimum atomic E-state index is -0.308. The lowest BCUT2D eigenvalue weighted by Gasteiger charge is -2.32. The zero-order chi connectivity index (χ0) is 13.0. The zero-order valence-corrected chi connectivity index (χ0v) is 10.9. The van der Waals surface area contributed by atoms with E-state index in [-0.39, 0.29) is 5.97 Å². The molecule has 1 aliphatic heterocycles. The van der Waals surface area contributed by atoms with E-state index in [2.05, 4.69) is 21.8 Å². The molecule has 2 rings (SSSR count). The molecule has 2 heterocycles. The van der Waals surface area contributed by atoms with Crippen LogP contribution < -0.4 is 0 Å². The Bertz CT molecular complexity index is 414. The fraction of sp³-hybridized carbons (Fsp3) is 0.538. The van der Waals surface area contributed by atoms with E-state index in [9.17, 15) is 4.79 Å². The number of hydrogen-bond acceptors (Lipinski definition) is 5. The highest BCUT2D eigenvalue weighted by Crippen LogP contribution is 2.08. The molecule has 18 heavy (non-hydrogen) atoms. The first-order valence-electron chi connectivity index (χ1n) is 6.13. The number of rotatable bonds is 3. The Morgan fingerprint density at radius 3 is 2.78 bits per heavy atom. The number of carbonyl (C=O) groups is 1. The van der Waals surface area contributed by atoms with Gasteiger partial charge in [0.05, 0.1) is 18.4 Å². The van der Waals surface area contributed by atoms with Crippen molar-refractivity contribution in [1.82, 2.24) is 14.8 Å². The van der Waals surface area contributed by atoms with E-state index in [1.807, 2.05) is 6.07 Å². The minimum absolute atomic E-state index is 0.308. The summed E-state index contributed by atoms with van der Waals surface area (Å²) in [6.45, 7) is 5.04. The molecule has 0 aromatic carbocycles. The topological polar surface area (TPSA) is 45.7 Å². The van der Waals surface area contributed by atoms with Gasteiger partial charge in [-0.05, 0) is 19.2 Å². The summed E-state index contributed by atoms with van der Waals surface area (Å²) in [6.07, 6.45) is 1.66. The molecule has 1 fully saturated rings. The van der Waals surface area contributed by atoms with Crippen LogP contribution in [0.5, 0.6) is 0 Å². The normalized spacial score (nSPS) is 17.7. The lowest BCUT2D eigenvalue weighted by molar-refractivity contribution is 0.0600. The first kappa shape index (κ1) is 13.0. The van der Waals surface area contributed by atoms with Crippen molar-refractivity contribution in [2.45, 2.75) is 6.54 Å². The Kier molecular flexibility index (Phi) is 4.28. The SMILES string of the molecule is COC(=O)c1ccnc(CN2CCN(C)CC2)c1. The minimum Gasteiger partial charge on any atom is -0.465 e. The van der Waals surface area contributed by atoms with Gasteiger partial charge in [0.2, 0.25) is 0 Å². The van der Waals surface area contributed by atoms with Gasteiger partial charge in [0.25, 0.3) is 0 Å².